The molecule has 12 heteroatoms. The number of benzene rings is 3. The van der Waals surface area contributed by atoms with Gasteiger partial charge in [-0.15, -0.1) is 0 Å². The van der Waals surface area contributed by atoms with E-state index in [1.807, 2.05) is 32.0 Å². The largest absolute Gasteiger partial charge is 0.368 e. The molecule has 5 rings (SSSR count). The summed E-state index contributed by atoms with van der Waals surface area (Å²) in [5.41, 5.74) is 3.89. The predicted molar refractivity (Wildman–Crippen MR) is 162 cm³/mol. The third kappa shape index (κ3) is 6.39. The molecule has 0 atom stereocenters. The molecule has 2 aliphatic heterocycles. The Balaban J connectivity index is 1.25. The molecule has 2 aliphatic rings. The van der Waals surface area contributed by atoms with Gasteiger partial charge in [0.1, 0.15) is 22.6 Å². The van der Waals surface area contributed by atoms with Crippen LogP contribution in [0.3, 0.4) is 0 Å². The van der Waals surface area contributed by atoms with Crippen molar-refractivity contribution >= 4 is 27.3 Å². The fraction of sp³-hybridized carbons (Fsp3) is 0.375. The number of nitrogens with zero attached hydrogens (tertiary/aromatic N) is 4. The zero-order valence-corrected chi connectivity index (χ0v) is 25.4. The minimum Gasteiger partial charge on any atom is -0.368 e. The highest BCUT2D eigenvalue weighted by Gasteiger charge is 2.29. The predicted octanol–water partition coefficient (Wildman–Crippen LogP) is 4.66. The van der Waals surface area contributed by atoms with Gasteiger partial charge in [0.05, 0.1) is 16.9 Å². The van der Waals surface area contributed by atoms with Gasteiger partial charge in [0.2, 0.25) is 10.0 Å². The third-order valence-electron chi connectivity index (χ3n) is 8.64. The number of rotatable bonds is 6. The normalized spacial score (nSPS) is 16.2. The maximum Gasteiger partial charge on any atom is 0.254 e. The highest BCUT2D eigenvalue weighted by atomic mass is 32.2. The van der Waals surface area contributed by atoms with Crippen molar-refractivity contribution in [1.29, 1.82) is 5.26 Å². The van der Waals surface area contributed by atoms with Crippen molar-refractivity contribution in [2.45, 2.75) is 38.0 Å². The van der Waals surface area contributed by atoms with Crippen LogP contribution < -0.4 is 14.9 Å². The molecule has 0 aromatic heterocycles. The smallest absolute Gasteiger partial charge is 0.254 e. The molecule has 0 radical (unpaired) electrons. The van der Waals surface area contributed by atoms with Crippen LogP contribution in [-0.2, 0) is 16.4 Å². The van der Waals surface area contributed by atoms with Crippen molar-refractivity contribution < 1.29 is 26.4 Å². The fourth-order valence-electron chi connectivity index (χ4n) is 6.34. The number of sulfonamides is 1. The van der Waals surface area contributed by atoms with Gasteiger partial charge < -0.3 is 14.7 Å². The van der Waals surface area contributed by atoms with Crippen LogP contribution in [0.2, 0.25) is 0 Å². The van der Waals surface area contributed by atoms with Gasteiger partial charge in [-0.2, -0.15) is 5.26 Å². The highest BCUT2D eigenvalue weighted by molar-refractivity contribution is 7.89. The maximum atomic E-state index is 14.6. The molecule has 0 unspecified atom stereocenters. The second kappa shape index (κ2) is 12.5. The maximum absolute atomic E-state index is 14.6. The topological polar surface area (TPSA) is 111 Å². The summed E-state index contributed by atoms with van der Waals surface area (Å²) in [4.78, 5) is 18.4. The van der Waals surface area contributed by atoms with Crippen LogP contribution in [0.4, 0.5) is 24.5 Å². The first-order valence-corrected chi connectivity index (χ1v) is 16.0. The molecule has 232 valence electrons. The molecular formula is C32H34F3N5O3S. The Labute approximate surface area is 255 Å². The number of amides is 1. The summed E-state index contributed by atoms with van der Waals surface area (Å²) in [6, 6.07) is 11.7. The molecule has 44 heavy (non-hydrogen) atoms. The van der Waals surface area contributed by atoms with Gasteiger partial charge in [0.25, 0.3) is 5.91 Å². The Bertz CT molecular complexity index is 1740. The minimum absolute atomic E-state index is 0.0138. The lowest BCUT2D eigenvalue weighted by Crippen LogP contribution is -2.49. The molecule has 0 bridgehead atoms. The number of halogens is 3. The van der Waals surface area contributed by atoms with Crippen LogP contribution in [-0.4, -0.2) is 58.5 Å². The Hall–Kier alpha value is -4.08. The molecule has 3 aromatic rings. The van der Waals surface area contributed by atoms with Crippen molar-refractivity contribution in [1.82, 2.24) is 4.90 Å². The summed E-state index contributed by atoms with van der Waals surface area (Å²) >= 11 is 0. The van der Waals surface area contributed by atoms with Crippen molar-refractivity contribution in [3.05, 3.63) is 87.7 Å². The average Bonchev–Trinajstić information content (AvgIpc) is 2.97. The first-order valence-electron chi connectivity index (χ1n) is 14.5. The summed E-state index contributed by atoms with van der Waals surface area (Å²) in [6.45, 7) is 6.25. The lowest BCUT2D eigenvalue weighted by molar-refractivity contribution is 0.0745. The minimum atomic E-state index is -4.28. The molecule has 2 fully saturated rings. The monoisotopic (exact) mass is 625 g/mol. The zero-order chi connectivity index (χ0) is 31.8. The van der Waals surface area contributed by atoms with Gasteiger partial charge in [-0.25, -0.2) is 26.7 Å². The van der Waals surface area contributed by atoms with E-state index in [4.69, 9.17) is 5.14 Å². The second-order valence-electron chi connectivity index (χ2n) is 11.5. The number of hydrogen-bond acceptors (Lipinski definition) is 6. The van der Waals surface area contributed by atoms with Gasteiger partial charge in [0.15, 0.2) is 5.82 Å². The average molecular weight is 626 g/mol. The van der Waals surface area contributed by atoms with E-state index in [1.165, 1.54) is 12.1 Å². The van der Waals surface area contributed by atoms with Crippen molar-refractivity contribution in [3.63, 3.8) is 0 Å². The van der Waals surface area contributed by atoms with E-state index in [9.17, 15) is 31.6 Å². The van der Waals surface area contributed by atoms with E-state index in [2.05, 4.69) is 0 Å². The summed E-state index contributed by atoms with van der Waals surface area (Å²) in [7, 11) is -4.28. The Morgan fingerprint density at radius 1 is 0.932 bits per heavy atom. The lowest BCUT2D eigenvalue weighted by atomic mass is 9.86. The number of carbonyl (C=O) groups is 1. The zero-order valence-electron chi connectivity index (χ0n) is 24.6. The number of anilines is 2. The summed E-state index contributed by atoms with van der Waals surface area (Å²) in [5, 5.41) is 14.7. The number of aryl methyl sites for hydroxylation is 2. The molecule has 2 N–H and O–H groups in total. The van der Waals surface area contributed by atoms with E-state index in [0.717, 1.165) is 54.2 Å². The SMILES string of the molecule is Cc1cc(C)c(C(=O)N2CCN(c3cccc(F)c3S(N)(=O)=O)CC2)cc1CC1CCN(c2c(F)cc(F)cc2C#N)CC1. The number of piperidine rings is 1. The molecule has 8 nitrogen and oxygen atoms in total. The van der Waals surface area contributed by atoms with Crippen LogP contribution in [0.1, 0.15) is 45.5 Å². The van der Waals surface area contributed by atoms with Crippen LogP contribution in [0.15, 0.2) is 47.4 Å². The van der Waals surface area contributed by atoms with Crippen molar-refractivity contribution in [2.24, 2.45) is 11.1 Å². The van der Waals surface area contributed by atoms with E-state index >= 15 is 0 Å². The van der Waals surface area contributed by atoms with Gasteiger partial charge in [0, 0.05) is 50.9 Å². The number of carbonyl (C=O) groups excluding carboxylic acids is 1. The van der Waals surface area contributed by atoms with Crippen LogP contribution in [0.25, 0.3) is 0 Å². The number of nitriles is 1. The van der Waals surface area contributed by atoms with E-state index in [-0.39, 0.29) is 28.8 Å². The van der Waals surface area contributed by atoms with Gasteiger partial charge in [-0.3, -0.25) is 4.79 Å². The Morgan fingerprint density at radius 3 is 2.25 bits per heavy atom. The third-order valence-corrected chi connectivity index (χ3v) is 9.61. The number of nitrogens with two attached hydrogens (primary N) is 1. The number of hydrogen-bond donors (Lipinski definition) is 1. The molecule has 0 spiro atoms. The standard InChI is InChI=1S/C32H34F3N5O3S/c1-20-14-21(2)26(32(41)40-12-10-38(11-13-40)29-5-3-4-27(34)31(29)44(37,42)43)17-23(20)15-22-6-8-39(9-7-22)30-24(19-36)16-25(33)18-28(30)35/h3-5,14,16-18,22H,6-13,15H2,1-2H3,(H2,37,42,43). The molecular weight excluding hydrogens is 591 g/mol. The Kier molecular flexibility index (Phi) is 8.90. The fourth-order valence-corrected chi connectivity index (χ4v) is 7.17. The lowest BCUT2D eigenvalue weighted by Gasteiger charge is -2.37. The second-order valence-corrected chi connectivity index (χ2v) is 13.0. The van der Waals surface area contributed by atoms with E-state index < -0.39 is 32.4 Å². The van der Waals surface area contributed by atoms with Crippen molar-refractivity contribution in [3.8, 4) is 6.07 Å². The first-order chi connectivity index (χ1) is 20.9. The summed E-state index contributed by atoms with van der Waals surface area (Å²) in [6.07, 6.45) is 2.24. The molecule has 0 saturated carbocycles. The molecule has 1 amide bonds. The highest BCUT2D eigenvalue weighted by Crippen LogP contribution is 2.32. The van der Waals surface area contributed by atoms with Crippen LogP contribution >= 0.6 is 0 Å². The van der Waals surface area contributed by atoms with E-state index in [1.54, 1.807) is 14.7 Å². The molecule has 2 saturated heterocycles. The van der Waals surface area contributed by atoms with Crippen molar-refractivity contribution in [2.75, 3.05) is 49.1 Å². The number of piperazine rings is 1. The van der Waals surface area contributed by atoms with Crippen LogP contribution in [0, 0.1) is 48.5 Å². The molecule has 0 aliphatic carbocycles. The van der Waals surface area contributed by atoms with Gasteiger partial charge >= 0.3 is 0 Å². The molecule has 2 heterocycles. The van der Waals surface area contributed by atoms with Gasteiger partial charge in [-0.05, 0) is 80.0 Å². The van der Waals surface area contributed by atoms with Crippen LogP contribution in [0.5, 0.6) is 0 Å². The molecule has 3 aromatic carbocycles. The van der Waals surface area contributed by atoms with Gasteiger partial charge in [-0.1, -0.05) is 12.1 Å². The quantitative estimate of drug-likeness (QED) is 0.427. The summed E-state index contributed by atoms with van der Waals surface area (Å²) in [5.74, 6) is -2.26. The summed E-state index contributed by atoms with van der Waals surface area (Å²) < 4.78 is 66.7. The van der Waals surface area contributed by atoms with E-state index in [0.29, 0.717) is 44.8 Å². The first kappa shape index (κ1) is 31.3. The Morgan fingerprint density at radius 2 is 1.61 bits per heavy atom. The number of primary sulfonamides is 1.